The number of nitrogens with zero attached hydrogens (tertiary/aromatic N) is 1. The Bertz CT molecular complexity index is 849. The Balaban J connectivity index is 2.11. The number of halogens is 2. The van der Waals surface area contributed by atoms with Gasteiger partial charge >= 0.3 is 0 Å². The van der Waals surface area contributed by atoms with Crippen LogP contribution in [0.2, 0.25) is 0 Å². The molecule has 0 saturated heterocycles. The van der Waals surface area contributed by atoms with Gasteiger partial charge in [0.15, 0.2) is 16.4 Å². The van der Waals surface area contributed by atoms with Crippen LogP contribution >= 0.6 is 12.2 Å². The summed E-state index contributed by atoms with van der Waals surface area (Å²) in [7, 11) is 0. The van der Waals surface area contributed by atoms with Crippen LogP contribution in [0.1, 0.15) is 11.1 Å². The summed E-state index contributed by atoms with van der Waals surface area (Å²) in [5.74, 6) is -1.68. The van der Waals surface area contributed by atoms with E-state index in [2.05, 4.69) is 4.98 Å². The molecule has 0 saturated carbocycles. The molecule has 0 amide bonds. The SMILES string of the molecule is Cc1cccc2c1[nH]c(=S)n2Cc1ccc(F)c(F)c1. The maximum atomic E-state index is 13.3. The van der Waals surface area contributed by atoms with Crippen LogP contribution in [0.15, 0.2) is 36.4 Å². The van der Waals surface area contributed by atoms with E-state index in [0.29, 0.717) is 16.9 Å². The van der Waals surface area contributed by atoms with Gasteiger partial charge in [-0.3, -0.25) is 0 Å². The number of aromatic amines is 1. The van der Waals surface area contributed by atoms with Gasteiger partial charge in [0.2, 0.25) is 0 Å². The number of nitrogens with one attached hydrogen (secondary N) is 1. The van der Waals surface area contributed by atoms with Crippen molar-refractivity contribution >= 4 is 23.3 Å². The molecule has 0 aliphatic rings. The van der Waals surface area contributed by atoms with Gasteiger partial charge in [0.05, 0.1) is 17.6 Å². The highest BCUT2D eigenvalue weighted by Gasteiger charge is 2.08. The predicted molar refractivity (Wildman–Crippen MR) is 77.3 cm³/mol. The number of para-hydroxylation sites is 1. The first-order valence-corrected chi connectivity index (χ1v) is 6.59. The zero-order valence-electron chi connectivity index (χ0n) is 10.8. The van der Waals surface area contributed by atoms with Gasteiger partial charge in [0.25, 0.3) is 0 Å². The van der Waals surface area contributed by atoms with Gasteiger partial charge in [0.1, 0.15) is 0 Å². The lowest BCUT2D eigenvalue weighted by Gasteiger charge is -2.06. The lowest BCUT2D eigenvalue weighted by Crippen LogP contribution is -2.00. The van der Waals surface area contributed by atoms with Crippen LogP contribution in [-0.2, 0) is 6.54 Å². The highest BCUT2D eigenvalue weighted by Crippen LogP contribution is 2.19. The van der Waals surface area contributed by atoms with Crippen molar-refractivity contribution in [3.63, 3.8) is 0 Å². The molecule has 0 aliphatic heterocycles. The molecule has 0 unspecified atom stereocenters. The lowest BCUT2D eigenvalue weighted by molar-refractivity contribution is 0.506. The van der Waals surface area contributed by atoms with Crippen LogP contribution in [0.3, 0.4) is 0 Å². The van der Waals surface area contributed by atoms with E-state index in [0.717, 1.165) is 22.7 Å². The van der Waals surface area contributed by atoms with Gasteiger partial charge in [-0.05, 0) is 48.5 Å². The van der Waals surface area contributed by atoms with Crippen LogP contribution in [0.5, 0.6) is 0 Å². The van der Waals surface area contributed by atoms with Crippen LogP contribution in [0.25, 0.3) is 11.0 Å². The van der Waals surface area contributed by atoms with Gasteiger partial charge in [-0.25, -0.2) is 8.78 Å². The number of aryl methyl sites for hydroxylation is 1. The third-order valence-corrected chi connectivity index (χ3v) is 3.67. The molecule has 0 radical (unpaired) electrons. The van der Waals surface area contributed by atoms with E-state index >= 15 is 0 Å². The molecule has 3 rings (SSSR count). The van der Waals surface area contributed by atoms with Crippen molar-refractivity contribution in [2.24, 2.45) is 0 Å². The summed E-state index contributed by atoms with van der Waals surface area (Å²) in [4.78, 5) is 3.15. The van der Waals surface area contributed by atoms with Crippen molar-refractivity contribution in [2.45, 2.75) is 13.5 Å². The summed E-state index contributed by atoms with van der Waals surface area (Å²) in [6.07, 6.45) is 0. The molecule has 1 aromatic heterocycles. The van der Waals surface area contributed by atoms with Crippen molar-refractivity contribution in [2.75, 3.05) is 0 Å². The van der Waals surface area contributed by atoms with Gasteiger partial charge in [-0.1, -0.05) is 18.2 Å². The molecule has 1 N–H and O–H groups in total. The van der Waals surface area contributed by atoms with E-state index in [1.165, 1.54) is 6.07 Å². The summed E-state index contributed by atoms with van der Waals surface area (Å²) in [5.41, 5.74) is 3.69. The minimum Gasteiger partial charge on any atom is -0.330 e. The molecule has 0 bridgehead atoms. The summed E-state index contributed by atoms with van der Waals surface area (Å²) >= 11 is 5.31. The Morgan fingerprint density at radius 2 is 1.95 bits per heavy atom. The number of imidazole rings is 1. The number of rotatable bonds is 2. The molecule has 5 heteroatoms. The molecule has 3 aromatic rings. The van der Waals surface area contributed by atoms with E-state index in [1.807, 2.05) is 29.7 Å². The van der Waals surface area contributed by atoms with Crippen molar-refractivity contribution in [1.82, 2.24) is 9.55 Å². The topological polar surface area (TPSA) is 20.7 Å². The summed E-state index contributed by atoms with van der Waals surface area (Å²) in [5, 5.41) is 0. The number of benzene rings is 2. The van der Waals surface area contributed by atoms with Crippen molar-refractivity contribution in [3.05, 3.63) is 63.9 Å². The number of hydrogen-bond acceptors (Lipinski definition) is 1. The summed E-state index contributed by atoms with van der Waals surface area (Å²) in [6.45, 7) is 2.40. The highest BCUT2D eigenvalue weighted by molar-refractivity contribution is 7.71. The van der Waals surface area contributed by atoms with Crippen molar-refractivity contribution < 1.29 is 8.78 Å². The summed E-state index contributed by atoms with van der Waals surface area (Å²) < 4.78 is 28.7. The zero-order valence-corrected chi connectivity index (χ0v) is 11.6. The molecular weight excluding hydrogens is 278 g/mol. The van der Waals surface area contributed by atoms with E-state index in [-0.39, 0.29) is 0 Å². The van der Waals surface area contributed by atoms with Crippen LogP contribution in [0.4, 0.5) is 8.78 Å². The third-order valence-electron chi connectivity index (χ3n) is 3.34. The zero-order chi connectivity index (χ0) is 14.3. The first-order chi connectivity index (χ1) is 9.56. The minimum atomic E-state index is -0.843. The van der Waals surface area contributed by atoms with Crippen molar-refractivity contribution in [1.29, 1.82) is 0 Å². The second-order valence-electron chi connectivity index (χ2n) is 4.73. The second kappa shape index (κ2) is 4.83. The largest absolute Gasteiger partial charge is 0.330 e. The van der Waals surface area contributed by atoms with Crippen LogP contribution in [0, 0.1) is 23.3 Å². The average Bonchev–Trinajstić information content (AvgIpc) is 2.73. The predicted octanol–water partition coefficient (Wildman–Crippen LogP) is 4.33. The molecule has 102 valence electrons. The minimum absolute atomic E-state index is 0.402. The maximum Gasteiger partial charge on any atom is 0.178 e. The van der Waals surface area contributed by atoms with Crippen molar-refractivity contribution in [3.8, 4) is 0 Å². The van der Waals surface area contributed by atoms with Gasteiger partial charge in [0, 0.05) is 0 Å². The van der Waals surface area contributed by atoms with E-state index < -0.39 is 11.6 Å². The number of H-pyrrole nitrogens is 1. The number of fused-ring (bicyclic) bond motifs is 1. The molecule has 2 aromatic carbocycles. The Morgan fingerprint density at radius 3 is 2.70 bits per heavy atom. The number of aromatic nitrogens is 2. The Hall–Kier alpha value is -2.01. The fourth-order valence-corrected chi connectivity index (χ4v) is 2.57. The van der Waals surface area contributed by atoms with Gasteiger partial charge < -0.3 is 9.55 Å². The number of hydrogen-bond donors (Lipinski definition) is 1. The Kier molecular flexibility index (Phi) is 3.14. The molecule has 0 atom stereocenters. The molecule has 0 fully saturated rings. The normalized spacial score (nSPS) is 11.2. The fraction of sp³-hybridized carbons (Fsp3) is 0.133. The van der Waals surface area contributed by atoms with Crippen LogP contribution in [-0.4, -0.2) is 9.55 Å². The molecule has 0 spiro atoms. The maximum absolute atomic E-state index is 13.3. The fourth-order valence-electron chi connectivity index (χ4n) is 2.30. The standard InChI is InChI=1S/C15H12F2N2S/c1-9-3-2-4-13-14(9)18-15(20)19(13)8-10-5-6-11(16)12(17)7-10/h2-7H,8H2,1H3,(H,18,20). The molecule has 20 heavy (non-hydrogen) atoms. The molecule has 0 aliphatic carbocycles. The van der Waals surface area contributed by atoms with E-state index in [9.17, 15) is 8.78 Å². The monoisotopic (exact) mass is 290 g/mol. The molecule has 2 nitrogen and oxygen atoms in total. The molecular formula is C15H12F2N2S. The first-order valence-electron chi connectivity index (χ1n) is 6.18. The lowest BCUT2D eigenvalue weighted by atomic mass is 10.2. The van der Waals surface area contributed by atoms with Crippen LogP contribution < -0.4 is 0 Å². The molecule has 1 heterocycles. The van der Waals surface area contributed by atoms with E-state index in [4.69, 9.17) is 12.2 Å². The van der Waals surface area contributed by atoms with Gasteiger partial charge in [-0.2, -0.15) is 0 Å². The first kappa shape index (κ1) is 13.0. The highest BCUT2D eigenvalue weighted by atomic mass is 32.1. The third kappa shape index (κ3) is 2.14. The quantitative estimate of drug-likeness (QED) is 0.697. The Morgan fingerprint density at radius 1 is 1.15 bits per heavy atom. The average molecular weight is 290 g/mol. The smallest absolute Gasteiger partial charge is 0.178 e. The second-order valence-corrected chi connectivity index (χ2v) is 5.12. The van der Waals surface area contributed by atoms with Gasteiger partial charge in [-0.15, -0.1) is 0 Å². The van der Waals surface area contributed by atoms with E-state index in [1.54, 1.807) is 6.07 Å². The Labute approximate surface area is 119 Å². The summed E-state index contributed by atoms with van der Waals surface area (Å²) in [6, 6.07) is 9.79.